The molecule has 0 spiro atoms. The van der Waals surface area contributed by atoms with Crippen molar-refractivity contribution in [1.29, 1.82) is 0 Å². The first-order chi connectivity index (χ1) is 9.46. The number of hydrogen-bond donors (Lipinski definition) is 2. The van der Waals surface area contributed by atoms with Gasteiger partial charge in [0.2, 0.25) is 0 Å². The summed E-state index contributed by atoms with van der Waals surface area (Å²) in [4.78, 5) is 2.74. The number of nitrogens with one attached hydrogen (secondary N) is 1. The molecule has 2 aliphatic rings. The largest absolute Gasteiger partial charge is 0.394 e. The minimum Gasteiger partial charge on any atom is -0.394 e. The molecule has 4 unspecified atom stereocenters. The summed E-state index contributed by atoms with van der Waals surface area (Å²) < 4.78 is 0. The molecule has 2 rings (SSSR count). The van der Waals surface area contributed by atoms with Crippen molar-refractivity contribution >= 4 is 0 Å². The lowest BCUT2D eigenvalue weighted by molar-refractivity contribution is 0.0129. The number of hydrogen-bond acceptors (Lipinski definition) is 3. The van der Waals surface area contributed by atoms with Crippen molar-refractivity contribution < 1.29 is 5.11 Å². The molecule has 0 aromatic carbocycles. The van der Waals surface area contributed by atoms with E-state index in [0.29, 0.717) is 18.1 Å². The summed E-state index contributed by atoms with van der Waals surface area (Å²) in [5.74, 6) is 0.828. The van der Waals surface area contributed by atoms with Gasteiger partial charge < -0.3 is 10.4 Å². The molecular formula is C17H34N2O. The number of aliphatic hydroxyl groups excluding tert-OH is 1. The third-order valence-electron chi connectivity index (χ3n) is 5.35. The molecule has 0 bridgehead atoms. The normalized spacial score (nSPS) is 40.2. The van der Waals surface area contributed by atoms with Gasteiger partial charge in [0, 0.05) is 30.2 Å². The van der Waals surface area contributed by atoms with Gasteiger partial charge in [-0.2, -0.15) is 0 Å². The monoisotopic (exact) mass is 282 g/mol. The smallest absolute Gasteiger partial charge is 0.0613 e. The summed E-state index contributed by atoms with van der Waals surface area (Å²) in [6.07, 6.45) is 7.48. The third kappa shape index (κ3) is 3.75. The van der Waals surface area contributed by atoms with Crippen LogP contribution in [0.2, 0.25) is 0 Å². The molecule has 0 radical (unpaired) electrons. The topological polar surface area (TPSA) is 35.5 Å². The molecule has 0 aromatic rings. The summed E-state index contributed by atoms with van der Waals surface area (Å²) in [7, 11) is 0. The van der Waals surface area contributed by atoms with Crippen LogP contribution in [0.25, 0.3) is 0 Å². The Morgan fingerprint density at radius 1 is 1.25 bits per heavy atom. The van der Waals surface area contributed by atoms with Crippen molar-refractivity contribution in [1.82, 2.24) is 10.2 Å². The molecule has 1 aliphatic heterocycles. The van der Waals surface area contributed by atoms with Gasteiger partial charge in [-0.1, -0.05) is 20.8 Å². The van der Waals surface area contributed by atoms with E-state index in [1.807, 2.05) is 0 Å². The van der Waals surface area contributed by atoms with E-state index in [9.17, 15) is 5.11 Å². The van der Waals surface area contributed by atoms with Crippen LogP contribution in [0.15, 0.2) is 0 Å². The fourth-order valence-electron chi connectivity index (χ4n) is 4.38. The van der Waals surface area contributed by atoms with Crippen LogP contribution in [0.5, 0.6) is 0 Å². The highest BCUT2D eigenvalue weighted by Gasteiger charge is 2.40. The third-order valence-corrected chi connectivity index (χ3v) is 5.35. The molecule has 1 saturated carbocycles. The first-order valence-electron chi connectivity index (χ1n) is 8.60. The van der Waals surface area contributed by atoms with Gasteiger partial charge in [0.25, 0.3) is 0 Å². The zero-order valence-corrected chi connectivity index (χ0v) is 13.9. The van der Waals surface area contributed by atoms with Gasteiger partial charge in [0.15, 0.2) is 0 Å². The highest BCUT2D eigenvalue weighted by molar-refractivity contribution is 4.98. The Balaban J connectivity index is 2.04. The second-order valence-electron chi connectivity index (χ2n) is 7.72. The van der Waals surface area contributed by atoms with Crippen LogP contribution >= 0.6 is 0 Å². The van der Waals surface area contributed by atoms with Crippen molar-refractivity contribution in [2.75, 3.05) is 13.2 Å². The van der Waals surface area contributed by atoms with Crippen molar-refractivity contribution in [2.24, 2.45) is 5.92 Å². The molecule has 1 saturated heterocycles. The standard InChI is InChI=1S/C17H34N2O/c1-13(2)18-17(12-20)9-5-6-16(10-17)19-11-14(3)7-8-15(19)4/h13-16,18,20H,5-12H2,1-4H3. The van der Waals surface area contributed by atoms with Gasteiger partial charge in [-0.25, -0.2) is 0 Å². The van der Waals surface area contributed by atoms with Crippen molar-refractivity contribution in [2.45, 2.75) is 89.9 Å². The quantitative estimate of drug-likeness (QED) is 0.832. The van der Waals surface area contributed by atoms with E-state index in [1.165, 1.54) is 32.2 Å². The number of piperidine rings is 1. The molecule has 1 heterocycles. The zero-order valence-electron chi connectivity index (χ0n) is 13.9. The average molecular weight is 282 g/mol. The second kappa shape index (κ2) is 6.76. The fourth-order valence-corrected chi connectivity index (χ4v) is 4.38. The first-order valence-corrected chi connectivity index (χ1v) is 8.60. The van der Waals surface area contributed by atoms with E-state index in [4.69, 9.17) is 0 Å². The van der Waals surface area contributed by atoms with Crippen LogP contribution in [0, 0.1) is 5.92 Å². The zero-order chi connectivity index (χ0) is 14.8. The molecule has 2 fully saturated rings. The van der Waals surface area contributed by atoms with Crippen molar-refractivity contribution in [3.05, 3.63) is 0 Å². The first kappa shape index (κ1) is 16.3. The van der Waals surface area contributed by atoms with Crippen LogP contribution in [0.1, 0.15) is 66.2 Å². The predicted octanol–water partition coefficient (Wildman–Crippen LogP) is 2.78. The Morgan fingerprint density at radius 3 is 2.65 bits per heavy atom. The van der Waals surface area contributed by atoms with Crippen LogP contribution < -0.4 is 5.32 Å². The highest BCUT2D eigenvalue weighted by Crippen LogP contribution is 2.35. The summed E-state index contributed by atoms with van der Waals surface area (Å²) in [6, 6.07) is 1.81. The van der Waals surface area contributed by atoms with Gasteiger partial charge in [-0.15, -0.1) is 0 Å². The lowest BCUT2D eigenvalue weighted by Gasteiger charge is -2.49. The predicted molar refractivity (Wildman–Crippen MR) is 84.9 cm³/mol. The van der Waals surface area contributed by atoms with E-state index in [0.717, 1.165) is 18.8 Å². The molecule has 4 atom stereocenters. The maximum Gasteiger partial charge on any atom is 0.0613 e. The number of aliphatic hydroxyl groups is 1. The molecule has 0 amide bonds. The molecule has 1 aliphatic carbocycles. The average Bonchev–Trinajstić information content (AvgIpc) is 2.41. The Labute approximate surface area is 125 Å². The Morgan fingerprint density at radius 2 is 2.00 bits per heavy atom. The minimum absolute atomic E-state index is 0.0442. The Kier molecular flexibility index (Phi) is 5.49. The van der Waals surface area contributed by atoms with Crippen LogP contribution in [0.4, 0.5) is 0 Å². The van der Waals surface area contributed by atoms with Gasteiger partial charge in [0.05, 0.1) is 6.61 Å². The second-order valence-corrected chi connectivity index (χ2v) is 7.72. The molecular weight excluding hydrogens is 248 g/mol. The van der Waals surface area contributed by atoms with E-state index in [2.05, 4.69) is 37.9 Å². The van der Waals surface area contributed by atoms with Crippen molar-refractivity contribution in [3.8, 4) is 0 Å². The van der Waals surface area contributed by atoms with Crippen molar-refractivity contribution in [3.63, 3.8) is 0 Å². The van der Waals surface area contributed by atoms with Gasteiger partial charge in [-0.05, 0) is 51.4 Å². The van der Waals surface area contributed by atoms with E-state index >= 15 is 0 Å². The van der Waals surface area contributed by atoms with Crippen LogP contribution in [-0.2, 0) is 0 Å². The van der Waals surface area contributed by atoms with E-state index < -0.39 is 0 Å². The van der Waals surface area contributed by atoms with Gasteiger partial charge in [-0.3, -0.25) is 4.90 Å². The molecule has 3 nitrogen and oxygen atoms in total. The number of likely N-dealkylation sites (tertiary alicyclic amines) is 1. The maximum absolute atomic E-state index is 9.94. The van der Waals surface area contributed by atoms with Gasteiger partial charge in [0.1, 0.15) is 0 Å². The minimum atomic E-state index is -0.0442. The maximum atomic E-state index is 9.94. The number of rotatable bonds is 4. The van der Waals surface area contributed by atoms with E-state index in [-0.39, 0.29) is 12.1 Å². The lowest BCUT2D eigenvalue weighted by Crippen LogP contribution is -2.59. The molecule has 3 heteroatoms. The summed E-state index contributed by atoms with van der Waals surface area (Å²) in [6.45, 7) is 10.7. The highest BCUT2D eigenvalue weighted by atomic mass is 16.3. The van der Waals surface area contributed by atoms with E-state index in [1.54, 1.807) is 0 Å². The summed E-state index contributed by atoms with van der Waals surface area (Å²) in [5, 5.41) is 13.6. The molecule has 118 valence electrons. The van der Waals surface area contributed by atoms with Gasteiger partial charge >= 0.3 is 0 Å². The molecule has 0 aromatic heterocycles. The SMILES string of the molecule is CC1CCC(C)N(C2CCCC(CO)(NC(C)C)C2)C1. The summed E-state index contributed by atoms with van der Waals surface area (Å²) in [5.41, 5.74) is -0.0442. The lowest BCUT2D eigenvalue weighted by atomic mass is 9.77. The molecule has 2 N–H and O–H groups in total. The number of nitrogens with zero attached hydrogens (tertiary/aromatic N) is 1. The Hall–Kier alpha value is -0.120. The summed E-state index contributed by atoms with van der Waals surface area (Å²) >= 11 is 0. The Bertz CT molecular complexity index is 307. The van der Waals surface area contributed by atoms with Crippen LogP contribution in [0.3, 0.4) is 0 Å². The van der Waals surface area contributed by atoms with Crippen LogP contribution in [-0.4, -0.2) is 46.8 Å². The molecule has 20 heavy (non-hydrogen) atoms. The fraction of sp³-hybridized carbons (Fsp3) is 1.00.